The second-order valence-corrected chi connectivity index (χ2v) is 7.48. The zero-order valence-corrected chi connectivity index (χ0v) is 17.4. The van der Waals surface area contributed by atoms with E-state index in [1.54, 1.807) is 18.2 Å². The first-order valence-electron chi connectivity index (χ1n) is 9.77. The average Bonchev–Trinajstić information content (AvgIpc) is 3.19. The lowest BCUT2D eigenvalue weighted by Gasteiger charge is -2.30. The third-order valence-electron chi connectivity index (χ3n) is 5.11. The van der Waals surface area contributed by atoms with Gasteiger partial charge in [-0.15, -0.1) is 0 Å². The first-order chi connectivity index (χ1) is 13.8. The Morgan fingerprint density at radius 1 is 1.31 bits per heavy atom. The number of nitrogens with one attached hydrogen (secondary N) is 2. The van der Waals surface area contributed by atoms with Crippen LogP contribution in [-0.4, -0.2) is 61.2 Å². The highest BCUT2D eigenvalue weighted by Crippen LogP contribution is 2.22. The standard InChI is InChI=1S/C21H29N3O5/c1-13(2)18(23-19(26)16-12-15(29-4)8-7-14(16)3)21(28)24-10-5-6-17(24)20(27)22-9-11-25/h7-8,11-13,17-18H,5-6,9-10H2,1-4H3,(H,22,27)(H,23,26)/t17-,18-/m0/s1. The van der Waals surface area contributed by atoms with E-state index in [0.29, 0.717) is 37.0 Å². The Balaban J connectivity index is 2.18. The van der Waals surface area contributed by atoms with Crippen molar-refractivity contribution in [2.75, 3.05) is 20.2 Å². The summed E-state index contributed by atoms with van der Waals surface area (Å²) < 4.78 is 5.19. The lowest BCUT2D eigenvalue weighted by Crippen LogP contribution is -2.55. The van der Waals surface area contributed by atoms with Gasteiger partial charge in [-0.1, -0.05) is 19.9 Å². The number of aldehydes is 1. The summed E-state index contributed by atoms with van der Waals surface area (Å²) in [4.78, 5) is 50.4. The van der Waals surface area contributed by atoms with Gasteiger partial charge in [0.05, 0.1) is 13.7 Å². The number of rotatable bonds is 8. The first kappa shape index (κ1) is 22.4. The van der Waals surface area contributed by atoms with Gasteiger partial charge in [0, 0.05) is 12.1 Å². The highest BCUT2D eigenvalue weighted by atomic mass is 16.5. The van der Waals surface area contributed by atoms with Crippen LogP contribution in [0, 0.1) is 12.8 Å². The number of benzene rings is 1. The van der Waals surface area contributed by atoms with E-state index in [1.165, 1.54) is 12.0 Å². The molecule has 1 saturated heterocycles. The number of nitrogens with zero attached hydrogens (tertiary/aromatic N) is 1. The van der Waals surface area contributed by atoms with Gasteiger partial charge >= 0.3 is 0 Å². The molecule has 0 saturated carbocycles. The largest absolute Gasteiger partial charge is 0.497 e. The van der Waals surface area contributed by atoms with Crippen molar-refractivity contribution in [1.82, 2.24) is 15.5 Å². The highest BCUT2D eigenvalue weighted by molar-refractivity contribution is 5.99. The van der Waals surface area contributed by atoms with Crippen molar-refractivity contribution in [3.8, 4) is 5.75 Å². The summed E-state index contributed by atoms with van der Waals surface area (Å²) in [5, 5.41) is 5.34. The van der Waals surface area contributed by atoms with Crippen molar-refractivity contribution in [3.05, 3.63) is 29.3 Å². The average molecular weight is 403 g/mol. The van der Waals surface area contributed by atoms with Crippen LogP contribution in [0.3, 0.4) is 0 Å². The molecule has 2 atom stereocenters. The maximum atomic E-state index is 13.2. The minimum Gasteiger partial charge on any atom is -0.497 e. The van der Waals surface area contributed by atoms with Crippen LogP contribution in [-0.2, 0) is 14.4 Å². The molecule has 8 nitrogen and oxygen atoms in total. The quantitative estimate of drug-likeness (QED) is 0.632. The smallest absolute Gasteiger partial charge is 0.252 e. The molecule has 29 heavy (non-hydrogen) atoms. The number of aryl methyl sites for hydroxylation is 1. The van der Waals surface area contributed by atoms with Crippen LogP contribution in [0.5, 0.6) is 5.75 Å². The van der Waals surface area contributed by atoms with E-state index in [2.05, 4.69) is 10.6 Å². The fourth-order valence-corrected chi connectivity index (χ4v) is 3.45. The SMILES string of the molecule is COc1ccc(C)c(C(=O)N[C@H](C(=O)N2CCC[C@H]2C(=O)NCC=O)C(C)C)c1. The first-order valence-corrected chi connectivity index (χ1v) is 9.77. The molecule has 0 spiro atoms. The zero-order chi connectivity index (χ0) is 21.6. The number of hydrogen-bond acceptors (Lipinski definition) is 5. The molecule has 3 amide bonds. The Bertz CT molecular complexity index is 778. The number of amides is 3. The summed E-state index contributed by atoms with van der Waals surface area (Å²) in [6, 6.07) is 3.79. The van der Waals surface area contributed by atoms with E-state index in [0.717, 1.165) is 5.56 Å². The van der Waals surface area contributed by atoms with Crippen molar-refractivity contribution in [2.45, 2.75) is 45.7 Å². The highest BCUT2D eigenvalue weighted by Gasteiger charge is 2.38. The molecule has 0 bridgehead atoms. The van der Waals surface area contributed by atoms with Crippen molar-refractivity contribution in [2.24, 2.45) is 5.92 Å². The van der Waals surface area contributed by atoms with E-state index < -0.39 is 12.1 Å². The van der Waals surface area contributed by atoms with E-state index in [9.17, 15) is 19.2 Å². The number of carbonyl (C=O) groups excluding carboxylic acids is 4. The van der Waals surface area contributed by atoms with E-state index in [1.807, 2.05) is 20.8 Å². The third kappa shape index (κ3) is 5.34. The fraction of sp³-hybridized carbons (Fsp3) is 0.524. The van der Waals surface area contributed by atoms with Crippen LogP contribution in [0.2, 0.25) is 0 Å². The predicted molar refractivity (Wildman–Crippen MR) is 108 cm³/mol. The fourth-order valence-electron chi connectivity index (χ4n) is 3.45. The Hall–Kier alpha value is -2.90. The number of methoxy groups -OCH3 is 1. The zero-order valence-electron chi connectivity index (χ0n) is 17.4. The molecule has 158 valence electrons. The molecular formula is C21H29N3O5. The number of carbonyl (C=O) groups is 4. The maximum Gasteiger partial charge on any atom is 0.252 e. The Morgan fingerprint density at radius 2 is 2.03 bits per heavy atom. The van der Waals surface area contributed by atoms with Gasteiger partial charge in [0.1, 0.15) is 24.1 Å². The second-order valence-electron chi connectivity index (χ2n) is 7.48. The van der Waals surface area contributed by atoms with Crippen molar-refractivity contribution in [3.63, 3.8) is 0 Å². The summed E-state index contributed by atoms with van der Waals surface area (Å²) in [6.45, 7) is 5.86. The number of ether oxygens (including phenoxy) is 1. The normalized spacial score (nSPS) is 17.0. The minimum atomic E-state index is -0.771. The van der Waals surface area contributed by atoms with Crippen molar-refractivity contribution < 1.29 is 23.9 Å². The number of hydrogen-bond donors (Lipinski definition) is 2. The van der Waals surface area contributed by atoms with E-state index in [-0.39, 0.29) is 30.2 Å². The van der Waals surface area contributed by atoms with Gasteiger partial charge in [-0.25, -0.2) is 0 Å². The summed E-state index contributed by atoms with van der Waals surface area (Å²) in [7, 11) is 1.52. The summed E-state index contributed by atoms with van der Waals surface area (Å²) in [5.74, 6) is -0.621. The van der Waals surface area contributed by atoms with Crippen LogP contribution in [0.4, 0.5) is 0 Å². The summed E-state index contributed by atoms with van der Waals surface area (Å²) in [6.07, 6.45) is 1.83. The molecule has 1 heterocycles. The molecule has 1 aliphatic rings. The Morgan fingerprint density at radius 3 is 2.66 bits per heavy atom. The molecule has 1 aromatic rings. The maximum absolute atomic E-state index is 13.2. The molecule has 0 radical (unpaired) electrons. The minimum absolute atomic E-state index is 0.0865. The van der Waals surface area contributed by atoms with E-state index >= 15 is 0 Å². The number of likely N-dealkylation sites (tertiary alicyclic amines) is 1. The third-order valence-corrected chi connectivity index (χ3v) is 5.11. The molecule has 0 aromatic heterocycles. The lowest BCUT2D eigenvalue weighted by atomic mass is 10.0. The van der Waals surface area contributed by atoms with Gasteiger partial charge in [-0.05, 0) is 43.4 Å². The molecule has 2 rings (SSSR count). The second kappa shape index (κ2) is 10.0. The Labute approximate surface area is 171 Å². The predicted octanol–water partition coefficient (Wildman–Crippen LogP) is 1.06. The van der Waals surface area contributed by atoms with Gasteiger partial charge in [-0.3, -0.25) is 14.4 Å². The van der Waals surface area contributed by atoms with Gasteiger partial charge in [0.25, 0.3) is 5.91 Å². The topological polar surface area (TPSA) is 105 Å². The summed E-state index contributed by atoms with van der Waals surface area (Å²) in [5.41, 5.74) is 1.20. The van der Waals surface area contributed by atoms with Crippen molar-refractivity contribution in [1.29, 1.82) is 0 Å². The lowest BCUT2D eigenvalue weighted by molar-refractivity contribution is -0.140. The monoisotopic (exact) mass is 403 g/mol. The van der Waals surface area contributed by atoms with Gasteiger partial charge in [-0.2, -0.15) is 0 Å². The molecule has 8 heteroatoms. The molecular weight excluding hydrogens is 374 g/mol. The van der Waals surface area contributed by atoms with Gasteiger partial charge in [0.15, 0.2) is 0 Å². The van der Waals surface area contributed by atoms with Crippen LogP contribution in [0.1, 0.15) is 42.6 Å². The van der Waals surface area contributed by atoms with Gasteiger partial charge < -0.3 is 25.1 Å². The molecule has 1 aromatic carbocycles. The van der Waals surface area contributed by atoms with Crippen LogP contribution < -0.4 is 15.4 Å². The van der Waals surface area contributed by atoms with Crippen molar-refractivity contribution >= 4 is 24.0 Å². The molecule has 1 fully saturated rings. The summed E-state index contributed by atoms with van der Waals surface area (Å²) >= 11 is 0. The molecule has 1 aliphatic heterocycles. The van der Waals surface area contributed by atoms with Gasteiger partial charge in [0.2, 0.25) is 11.8 Å². The van der Waals surface area contributed by atoms with E-state index in [4.69, 9.17) is 4.74 Å². The van der Waals surface area contributed by atoms with Crippen LogP contribution in [0.25, 0.3) is 0 Å². The molecule has 0 aliphatic carbocycles. The van der Waals surface area contributed by atoms with Crippen LogP contribution >= 0.6 is 0 Å². The van der Waals surface area contributed by atoms with Crippen LogP contribution in [0.15, 0.2) is 18.2 Å². The molecule has 2 N–H and O–H groups in total. The molecule has 0 unspecified atom stereocenters. The Kier molecular flexibility index (Phi) is 7.75.